The molecule has 0 saturated carbocycles. The molecule has 0 unspecified atom stereocenters. The van der Waals surface area contributed by atoms with Crippen molar-refractivity contribution in [2.45, 2.75) is 64.4 Å². The Labute approximate surface area is 170 Å². The van der Waals surface area contributed by atoms with Crippen molar-refractivity contribution in [3.63, 3.8) is 0 Å². The highest BCUT2D eigenvalue weighted by Gasteiger charge is 2.04. The zero-order valence-electron chi connectivity index (χ0n) is 17.3. The molecule has 0 spiro atoms. The van der Waals surface area contributed by atoms with Crippen LogP contribution in [0.2, 0.25) is 0 Å². The number of esters is 1. The van der Waals surface area contributed by atoms with Crippen LogP contribution in [0.15, 0.2) is 47.1 Å². The summed E-state index contributed by atoms with van der Waals surface area (Å²) in [5, 5.41) is 0. The normalized spacial score (nSPS) is 11.8. The summed E-state index contributed by atoms with van der Waals surface area (Å²) >= 11 is 0. The van der Waals surface area contributed by atoms with Gasteiger partial charge in [-0.3, -0.25) is 4.99 Å². The van der Waals surface area contributed by atoms with E-state index in [0.29, 0.717) is 5.57 Å². The molecule has 1 rings (SSSR count). The molecule has 1 aromatic carbocycles. The van der Waals surface area contributed by atoms with Crippen LogP contribution in [0.3, 0.4) is 0 Å². The van der Waals surface area contributed by atoms with Crippen LogP contribution in [0.25, 0.3) is 0 Å². The number of unbranched alkanes of at least 4 members (excludes halogenated alkanes) is 8. The summed E-state index contributed by atoms with van der Waals surface area (Å²) in [6, 6.07) is 10.3. The van der Waals surface area contributed by atoms with Gasteiger partial charge < -0.3 is 15.2 Å². The second-order valence-electron chi connectivity index (χ2n) is 6.87. The van der Waals surface area contributed by atoms with Crippen molar-refractivity contribution in [1.29, 1.82) is 0 Å². The van der Waals surface area contributed by atoms with Crippen LogP contribution in [-0.2, 0) is 20.9 Å². The summed E-state index contributed by atoms with van der Waals surface area (Å²) < 4.78 is 10.3. The van der Waals surface area contributed by atoms with Gasteiger partial charge in [-0.2, -0.15) is 0 Å². The van der Waals surface area contributed by atoms with E-state index in [1.807, 2.05) is 18.2 Å². The van der Waals surface area contributed by atoms with Gasteiger partial charge in [-0.05, 0) is 18.4 Å². The lowest BCUT2D eigenvalue weighted by Crippen LogP contribution is -2.08. The first-order chi connectivity index (χ1) is 13.8. The van der Waals surface area contributed by atoms with Crippen molar-refractivity contribution < 1.29 is 14.3 Å². The van der Waals surface area contributed by atoms with Gasteiger partial charge in [0.25, 0.3) is 0 Å². The molecule has 28 heavy (non-hydrogen) atoms. The predicted octanol–water partition coefficient (Wildman–Crippen LogP) is 4.80. The van der Waals surface area contributed by atoms with E-state index in [4.69, 9.17) is 10.5 Å². The molecular formula is C23H36N2O3. The third-order valence-corrected chi connectivity index (χ3v) is 4.52. The molecule has 1 aromatic rings. The van der Waals surface area contributed by atoms with Crippen molar-refractivity contribution in [2.24, 2.45) is 10.7 Å². The van der Waals surface area contributed by atoms with E-state index in [0.717, 1.165) is 32.6 Å². The molecule has 0 amide bonds. The minimum absolute atomic E-state index is 0.299. The van der Waals surface area contributed by atoms with Crippen LogP contribution in [0.5, 0.6) is 0 Å². The first kappa shape index (κ1) is 23.9. The lowest BCUT2D eigenvalue weighted by molar-refractivity contribution is -0.135. The van der Waals surface area contributed by atoms with E-state index in [-0.39, 0.29) is 0 Å². The molecular weight excluding hydrogens is 352 g/mol. The lowest BCUT2D eigenvalue weighted by Gasteiger charge is -2.05. The highest BCUT2D eigenvalue weighted by atomic mass is 16.5. The Morgan fingerprint density at radius 1 is 0.964 bits per heavy atom. The lowest BCUT2D eigenvalue weighted by atomic mass is 10.1. The van der Waals surface area contributed by atoms with Crippen molar-refractivity contribution in [2.75, 3.05) is 20.3 Å². The molecule has 5 nitrogen and oxygen atoms in total. The molecule has 0 heterocycles. The van der Waals surface area contributed by atoms with E-state index in [2.05, 4.69) is 21.9 Å². The third kappa shape index (κ3) is 12.3. The minimum atomic E-state index is -0.450. The van der Waals surface area contributed by atoms with Gasteiger partial charge in [-0.1, -0.05) is 75.3 Å². The topological polar surface area (TPSA) is 73.9 Å². The molecule has 0 atom stereocenters. The molecule has 0 fully saturated rings. The average Bonchev–Trinajstić information content (AvgIpc) is 2.73. The summed E-state index contributed by atoms with van der Waals surface area (Å²) in [5.74, 6) is -0.450. The molecule has 0 aliphatic carbocycles. The van der Waals surface area contributed by atoms with Crippen LogP contribution in [-0.4, -0.2) is 32.4 Å². The Balaban J connectivity index is 1.83. The molecule has 0 radical (unpaired) electrons. The van der Waals surface area contributed by atoms with Gasteiger partial charge in [0, 0.05) is 25.6 Å². The molecule has 5 heteroatoms. The molecule has 0 aliphatic rings. The van der Waals surface area contributed by atoms with Crippen LogP contribution in [0, 0.1) is 0 Å². The largest absolute Gasteiger partial charge is 0.465 e. The second kappa shape index (κ2) is 17.0. The third-order valence-electron chi connectivity index (χ3n) is 4.52. The Morgan fingerprint density at radius 3 is 2.18 bits per heavy atom. The number of methoxy groups -OCH3 is 1. The first-order valence-corrected chi connectivity index (χ1v) is 10.4. The molecule has 156 valence electrons. The van der Waals surface area contributed by atoms with Gasteiger partial charge in [-0.15, -0.1) is 0 Å². The summed E-state index contributed by atoms with van der Waals surface area (Å²) in [5.41, 5.74) is 6.91. The van der Waals surface area contributed by atoms with Crippen molar-refractivity contribution in [1.82, 2.24) is 0 Å². The van der Waals surface area contributed by atoms with Crippen molar-refractivity contribution in [3.05, 3.63) is 47.7 Å². The zero-order valence-corrected chi connectivity index (χ0v) is 17.3. The number of benzene rings is 1. The highest BCUT2D eigenvalue weighted by molar-refractivity contribution is 6.09. The number of nitrogens with two attached hydrogens (primary N) is 1. The fourth-order valence-corrected chi connectivity index (χ4v) is 2.85. The molecule has 0 aromatic heterocycles. The number of hydrogen-bond donors (Lipinski definition) is 1. The molecule has 0 saturated heterocycles. The number of rotatable bonds is 16. The maximum absolute atomic E-state index is 11.3. The van der Waals surface area contributed by atoms with E-state index in [1.165, 1.54) is 70.0 Å². The highest BCUT2D eigenvalue weighted by Crippen LogP contribution is 2.10. The maximum Gasteiger partial charge on any atom is 0.340 e. The van der Waals surface area contributed by atoms with E-state index >= 15 is 0 Å². The molecule has 2 N–H and O–H groups in total. The summed E-state index contributed by atoms with van der Waals surface area (Å²) in [6.07, 6.45) is 13.8. The molecule has 0 bridgehead atoms. The number of carbonyl (C=O) groups is 1. The fourth-order valence-electron chi connectivity index (χ4n) is 2.85. The summed E-state index contributed by atoms with van der Waals surface area (Å²) in [7, 11) is 1.33. The predicted molar refractivity (Wildman–Crippen MR) is 115 cm³/mol. The van der Waals surface area contributed by atoms with Gasteiger partial charge in [0.15, 0.2) is 0 Å². The maximum atomic E-state index is 11.3. The number of carbonyl (C=O) groups excluding carboxylic acids is 1. The smallest absolute Gasteiger partial charge is 0.340 e. The Kier molecular flexibility index (Phi) is 14.5. The average molecular weight is 389 g/mol. The Morgan fingerprint density at radius 2 is 1.57 bits per heavy atom. The monoisotopic (exact) mass is 388 g/mol. The standard InChI is InChI=1S/C23H36N2O3/c1-27-23(26)22(18-24)19-25-16-12-7-5-3-2-4-6-8-13-17-28-20-21-14-10-9-11-15-21/h9-11,14-15,18-19H,2-8,12-13,16-17,20,24H2,1H3/b22-18+,25-19?. The van der Waals surface area contributed by atoms with Crippen molar-refractivity contribution >= 4 is 12.2 Å². The van der Waals surface area contributed by atoms with Crippen LogP contribution < -0.4 is 5.73 Å². The van der Waals surface area contributed by atoms with Crippen LogP contribution in [0.4, 0.5) is 0 Å². The fraction of sp³-hybridized carbons (Fsp3) is 0.565. The number of ether oxygens (including phenoxy) is 2. The van der Waals surface area contributed by atoms with Gasteiger partial charge in [0.1, 0.15) is 0 Å². The summed E-state index contributed by atoms with van der Waals surface area (Å²) in [4.78, 5) is 15.5. The van der Waals surface area contributed by atoms with Gasteiger partial charge in [0.2, 0.25) is 0 Å². The minimum Gasteiger partial charge on any atom is -0.465 e. The van der Waals surface area contributed by atoms with Crippen molar-refractivity contribution in [3.8, 4) is 0 Å². The number of hydrogen-bond acceptors (Lipinski definition) is 5. The SMILES string of the molecule is COC(=O)/C(C=NCCCCCCCCCCCOCc1ccccc1)=C/N. The number of aliphatic imine (C=N–C) groups is 1. The van der Waals surface area contributed by atoms with E-state index in [1.54, 1.807) is 0 Å². The van der Waals surface area contributed by atoms with E-state index < -0.39 is 5.97 Å². The Hall–Kier alpha value is -2.14. The van der Waals surface area contributed by atoms with Crippen LogP contribution >= 0.6 is 0 Å². The zero-order chi connectivity index (χ0) is 20.3. The Bertz CT molecular complexity index is 570. The van der Waals surface area contributed by atoms with E-state index in [9.17, 15) is 4.79 Å². The van der Waals surface area contributed by atoms with Crippen LogP contribution in [0.1, 0.15) is 63.4 Å². The quantitative estimate of drug-likeness (QED) is 0.191. The molecule has 0 aliphatic heterocycles. The first-order valence-electron chi connectivity index (χ1n) is 10.4. The second-order valence-corrected chi connectivity index (χ2v) is 6.87. The number of nitrogens with zero attached hydrogens (tertiary/aromatic N) is 1. The van der Waals surface area contributed by atoms with Gasteiger partial charge in [0.05, 0.1) is 19.3 Å². The van der Waals surface area contributed by atoms with Gasteiger partial charge >= 0.3 is 5.97 Å². The summed E-state index contributed by atoms with van der Waals surface area (Å²) in [6.45, 7) is 2.29. The van der Waals surface area contributed by atoms with Gasteiger partial charge in [-0.25, -0.2) is 4.79 Å².